The standard InChI is InChI=1S/C13H8NS.Ir/c1-2-5-11-10(4-1)7-8-12(14-11)13-6-3-9-15-13;/h1-5,7-9H;/q-1;. The molecule has 0 atom stereocenters. The molecule has 81 valence electrons. The summed E-state index contributed by atoms with van der Waals surface area (Å²) in [7, 11) is 0. The second-order valence-electron chi connectivity index (χ2n) is 3.28. The SMILES string of the molecule is [Ir].[c-]1ccsc1-c1ccc2ccccc2n1. The van der Waals surface area contributed by atoms with Gasteiger partial charge in [-0.1, -0.05) is 35.2 Å². The third-order valence-corrected chi connectivity index (χ3v) is 3.13. The molecule has 0 spiro atoms. The van der Waals surface area contributed by atoms with Gasteiger partial charge < -0.3 is 4.98 Å². The van der Waals surface area contributed by atoms with Gasteiger partial charge in [-0.15, -0.1) is 5.38 Å². The smallest absolute Gasteiger partial charge is 0.0559 e. The molecule has 3 heteroatoms. The van der Waals surface area contributed by atoms with Gasteiger partial charge in [0.15, 0.2) is 0 Å². The maximum absolute atomic E-state index is 4.60. The molecule has 3 aromatic rings. The van der Waals surface area contributed by atoms with Gasteiger partial charge in [0.05, 0.1) is 5.52 Å². The van der Waals surface area contributed by atoms with Crippen molar-refractivity contribution in [1.29, 1.82) is 0 Å². The quantitative estimate of drug-likeness (QED) is 0.565. The molecule has 0 aliphatic rings. The number of para-hydroxylation sites is 1. The first kappa shape index (κ1) is 11.5. The number of hydrogen-bond donors (Lipinski definition) is 0. The molecule has 16 heavy (non-hydrogen) atoms. The van der Waals surface area contributed by atoms with E-state index in [2.05, 4.69) is 23.2 Å². The van der Waals surface area contributed by atoms with E-state index in [1.165, 1.54) is 5.39 Å². The van der Waals surface area contributed by atoms with Crippen LogP contribution in [0.3, 0.4) is 0 Å². The second-order valence-corrected chi connectivity index (χ2v) is 4.20. The summed E-state index contributed by atoms with van der Waals surface area (Å²) in [6, 6.07) is 17.4. The minimum atomic E-state index is 0. The van der Waals surface area contributed by atoms with E-state index in [1.807, 2.05) is 35.7 Å². The molecule has 0 fully saturated rings. The van der Waals surface area contributed by atoms with Crippen molar-refractivity contribution >= 4 is 22.2 Å². The van der Waals surface area contributed by atoms with Crippen molar-refractivity contribution in [3.05, 3.63) is 53.9 Å². The van der Waals surface area contributed by atoms with E-state index in [-0.39, 0.29) is 20.1 Å². The van der Waals surface area contributed by atoms with Gasteiger partial charge in [-0.2, -0.15) is 12.1 Å². The van der Waals surface area contributed by atoms with E-state index in [1.54, 1.807) is 11.3 Å². The fourth-order valence-electron chi connectivity index (χ4n) is 1.57. The van der Waals surface area contributed by atoms with Crippen LogP contribution in [0.2, 0.25) is 0 Å². The molecular formula is C13H8IrNS-. The van der Waals surface area contributed by atoms with Crippen molar-refractivity contribution in [3.63, 3.8) is 0 Å². The molecule has 1 radical (unpaired) electrons. The van der Waals surface area contributed by atoms with E-state index < -0.39 is 0 Å². The van der Waals surface area contributed by atoms with Gasteiger partial charge in [0.25, 0.3) is 0 Å². The molecule has 1 aromatic carbocycles. The van der Waals surface area contributed by atoms with Crippen LogP contribution in [0.15, 0.2) is 47.8 Å². The van der Waals surface area contributed by atoms with Crippen LogP contribution in [0, 0.1) is 6.07 Å². The number of pyridine rings is 1. The summed E-state index contributed by atoms with van der Waals surface area (Å²) in [5.74, 6) is 0. The molecule has 0 aliphatic carbocycles. The molecular weight excluding hydrogens is 394 g/mol. The number of rotatable bonds is 1. The summed E-state index contributed by atoms with van der Waals surface area (Å²) in [5.41, 5.74) is 2.04. The molecule has 0 unspecified atom stereocenters. The maximum atomic E-state index is 4.60. The molecule has 0 aliphatic heterocycles. The summed E-state index contributed by atoms with van der Waals surface area (Å²) in [5, 5.41) is 3.20. The van der Waals surface area contributed by atoms with Crippen LogP contribution >= 0.6 is 11.3 Å². The van der Waals surface area contributed by atoms with Crippen molar-refractivity contribution in [2.45, 2.75) is 0 Å². The first-order valence-corrected chi connectivity index (χ1v) is 5.63. The van der Waals surface area contributed by atoms with Crippen LogP contribution in [-0.2, 0) is 20.1 Å². The van der Waals surface area contributed by atoms with Crippen molar-refractivity contribution in [2.75, 3.05) is 0 Å². The molecule has 0 bridgehead atoms. The Morgan fingerprint density at radius 3 is 2.75 bits per heavy atom. The summed E-state index contributed by atoms with van der Waals surface area (Å²) < 4.78 is 0. The average molecular weight is 402 g/mol. The summed E-state index contributed by atoms with van der Waals surface area (Å²) in [6.07, 6.45) is 0. The third-order valence-electron chi connectivity index (χ3n) is 2.30. The fourth-order valence-corrected chi connectivity index (χ4v) is 2.22. The van der Waals surface area contributed by atoms with Gasteiger partial charge in [0, 0.05) is 20.1 Å². The zero-order chi connectivity index (χ0) is 10.1. The second kappa shape index (κ2) is 4.87. The number of benzene rings is 1. The van der Waals surface area contributed by atoms with E-state index in [0.29, 0.717) is 0 Å². The summed E-state index contributed by atoms with van der Waals surface area (Å²) in [4.78, 5) is 5.69. The largest absolute Gasteiger partial charge is 0.310 e. The Labute approximate surface area is 112 Å². The first-order chi connectivity index (χ1) is 7.43. The third kappa shape index (κ3) is 2.07. The van der Waals surface area contributed by atoms with Crippen molar-refractivity contribution < 1.29 is 20.1 Å². The molecule has 3 rings (SSSR count). The van der Waals surface area contributed by atoms with Gasteiger partial charge in [0.2, 0.25) is 0 Å². The minimum absolute atomic E-state index is 0. The Hall–Kier alpha value is -1.02. The van der Waals surface area contributed by atoms with Crippen molar-refractivity contribution in [2.24, 2.45) is 0 Å². The van der Waals surface area contributed by atoms with Crippen molar-refractivity contribution in [3.8, 4) is 10.6 Å². The molecule has 1 nitrogen and oxygen atoms in total. The zero-order valence-corrected chi connectivity index (χ0v) is 11.5. The van der Waals surface area contributed by atoms with Crippen LogP contribution in [0.5, 0.6) is 0 Å². The predicted octanol–water partition coefficient (Wildman–Crippen LogP) is 3.76. The Bertz CT molecular complexity index is 590. The molecule has 0 amide bonds. The molecule has 2 aromatic heterocycles. The minimum Gasteiger partial charge on any atom is -0.310 e. The van der Waals surface area contributed by atoms with Crippen LogP contribution in [-0.4, -0.2) is 4.98 Å². The van der Waals surface area contributed by atoms with Crippen LogP contribution in [0.1, 0.15) is 0 Å². The predicted molar refractivity (Wildman–Crippen MR) is 63.9 cm³/mol. The Morgan fingerprint density at radius 2 is 1.94 bits per heavy atom. The number of fused-ring (bicyclic) bond motifs is 1. The van der Waals surface area contributed by atoms with E-state index in [4.69, 9.17) is 0 Å². The van der Waals surface area contributed by atoms with Gasteiger partial charge in [-0.05, 0) is 17.1 Å². The normalized spacial score (nSPS) is 10.0. The Balaban J connectivity index is 0.000000963. The van der Waals surface area contributed by atoms with Crippen LogP contribution in [0.25, 0.3) is 21.5 Å². The van der Waals surface area contributed by atoms with Gasteiger partial charge in [-0.3, -0.25) is 0 Å². The summed E-state index contributed by atoms with van der Waals surface area (Å²) in [6.45, 7) is 0. The van der Waals surface area contributed by atoms with E-state index in [0.717, 1.165) is 16.1 Å². The number of thiophene rings is 1. The maximum Gasteiger partial charge on any atom is 0.0559 e. The van der Waals surface area contributed by atoms with Gasteiger partial charge in [0.1, 0.15) is 0 Å². The first-order valence-electron chi connectivity index (χ1n) is 4.75. The average Bonchev–Trinajstić information content (AvgIpc) is 2.82. The van der Waals surface area contributed by atoms with Crippen LogP contribution < -0.4 is 0 Å². The molecule has 2 heterocycles. The van der Waals surface area contributed by atoms with Gasteiger partial charge >= 0.3 is 0 Å². The van der Waals surface area contributed by atoms with E-state index >= 15 is 0 Å². The molecule has 0 saturated carbocycles. The number of nitrogens with zero attached hydrogens (tertiary/aromatic N) is 1. The Morgan fingerprint density at radius 1 is 1.06 bits per heavy atom. The summed E-state index contributed by atoms with van der Waals surface area (Å²) >= 11 is 1.67. The monoisotopic (exact) mass is 403 g/mol. The van der Waals surface area contributed by atoms with E-state index in [9.17, 15) is 0 Å². The Kier molecular flexibility index (Phi) is 3.49. The molecule has 0 N–H and O–H groups in total. The number of hydrogen-bond acceptors (Lipinski definition) is 2. The molecule has 0 saturated heterocycles. The zero-order valence-electron chi connectivity index (χ0n) is 8.31. The van der Waals surface area contributed by atoms with Gasteiger partial charge in [-0.25, -0.2) is 11.3 Å². The fraction of sp³-hybridized carbons (Fsp3) is 0. The van der Waals surface area contributed by atoms with Crippen molar-refractivity contribution in [1.82, 2.24) is 4.98 Å². The van der Waals surface area contributed by atoms with Crippen LogP contribution in [0.4, 0.5) is 0 Å². The number of aromatic nitrogens is 1. The topological polar surface area (TPSA) is 12.9 Å².